The third kappa shape index (κ3) is 3.02. The second-order valence-corrected chi connectivity index (χ2v) is 7.44. The summed E-state index contributed by atoms with van der Waals surface area (Å²) in [5.74, 6) is 0.832. The van der Waals surface area contributed by atoms with Crippen LogP contribution in [0.3, 0.4) is 0 Å². The molecule has 2 aromatic rings. The summed E-state index contributed by atoms with van der Waals surface area (Å²) >= 11 is 0. The normalized spacial score (nSPS) is 18.6. The van der Waals surface area contributed by atoms with Crippen LogP contribution in [0.5, 0.6) is 5.75 Å². The van der Waals surface area contributed by atoms with Gasteiger partial charge in [-0.1, -0.05) is 30.3 Å². The summed E-state index contributed by atoms with van der Waals surface area (Å²) in [5.41, 5.74) is 2.78. The molecule has 0 saturated carbocycles. The average Bonchev–Trinajstić information content (AvgIpc) is 2.55. The van der Waals surface area contributed by atoms with E-state index in [4.69, 9.17) is 4.74 Å². The van der Waals surface area contributed by atoms with Gasteiger partial charge in [0, 0.05) is 13.6 Å². The molecule has 0 aliphatic carbocycles. The first kappa shape index (κ1) is 15.8. The highest BCUT2D eigenvalue weighted by Gasteiger charge is 2.30. The number of rotatable bonds is 3. The highest BCUT2D eigenvalue weighted by atomic mass is 32.2. The molecule has 120 valence electrons. The van der Waals surface area contributed by atoms with Crippen molar-refractivity contribution in [2.75, 3.05) is 20.2 Å². The van der Waals surface area contributed by atoms with E-state index >= 15 is 0 Å². The molecule has 5 heteroatoms. The van der Waals surface area contributed by atoms with Crippen molar-refractivity contribution in [3.63, 3.8) is 0 Å². The average molecular weight is 329 g/mol. The van der Waals surface area contributed by atoms with Gasteiger partial charge in [0.15, 0.2) is 0 Å². The molecule has 1 heterocycles. The van der Waals surface area contributed by atoms with Crippen LogP contribution in [0.2, 0.25) is 0 Å². The maximum Gasteiger partial charge on any atom is 0.243 e. The van der Waals surface area contributed by atoms with Crippen molar-refractivity contribution >= 4 is 21.7 Å². The summed E-state index contributed by atoms with van der Waals surface area (Å²) in [6.45, 7) is 2.95. The number of fused-ring (bicyclic) bond motifs is 1. The summed E-state index contributed by atoms with van der Waals surface area (Å²) in [7, 11) is -1.78. The highest BCUT2D eigenvalue weighted by molar-refractivity contribution is 7.89. The van der Waals surface area contributed by atoms with Gasteiger partial charge < -0.3 is 4.74 Å². The monoisotopic (exact) mass is 329 g/mol. The van der Waals surface area contributed by atoms with Gasteiger partial charge in [0.25, 0.3) is 0 Å². The lowest BCUT2D eigenvalue weighted by Crippen LogP contribution is -2.33. The minimum Gasteiger partial charge on any atom is -0.494 e. The molecule has 1 aliphatic rings. The largest absolute Gasteiger partial charge is 0.494 e. The number of benzene rings is 2. The summed E-state index contributed by atoms with van der Waals surface area (Å²) < 4.78 is 31.6. The molecule has 2 aromatic carbocycles. The molecule has 3 rings (SSSR count). The van der Waals surface area contributed by atoms with Gasteiger partial charge in [0.05, 0.1) is 11.5 Å². The third-order valence-corrected chi connectivity index (χ3v) is 5.71. The van der Waals surface area contributed by atoms with Gasteiger partial charge in [-0.15, -0.1) is 0 Å². The Hall–Kier alpha value is -2.11. The zero-order chi connectivity index (χ0) is 16.4. The van der Waals surface area contributed by atoms with Gasteiger partial charge in [0.1, 0.15) is 5.75 Å². The van der Waals surface area contributed by atoms with E-state index < -0.39 is 10.0 Å². The molecule has 1 aliphatic heterocycles. The van der Waals surface area contributed by atoms with E-state index in [1.165, 1.54) is 4.31 Å². The maximum atomic E-state index is 12.4. The van der Waals surface area contributed by atoms with E-state index in [0.717, 1.165) is 22.4 Å². The van der Waals surface area contributed by atoms with Gasteiger partial charge >= 0.3 is 0 Å². The van der Waals surface area contributed by atoms with Crippen molar-refractivity contribution in [2.45, 2.75) is 11.8 Å². The third-order valence-electron chi connectivity index (χ3n) is 3.85. The molecule has 0 radical (unpaired) electrons. The van der Waals surface area contributed by atoms with E-state index in [0.29, 0.717) is 18.0 Å². The SMILES string of the molecule is CCOc1ccc(/C=C2\CN(C)S(=O)(=O)c3ccccc32)cc1. The van der Waals surface area contributed by atoms with Crippen LogP contribution in [0.25, 0.3) is 11.6 Å². The zero-order valence-electron chi connectivity index (χ0n) is 13.2. The second-order valence-electron chi connectivity index (χ2n) is 5.43. The molecule has 23 heavy (non-hydrogen) atoms. The lowest BCUT2D eigenvalue weighted by molar-refractivity contribution is 0.340. The summed E-state index contributed by atoms with van der Waals surface area (Å²) in [6.07, 6.45) is 2.03. The summed E-state index contributed by atoms with van der Waals surface area (Å²) in [6, 6.07) is 14.9. The molecule has 0 amide bonds. The van der Waals surface area contributed by atoms with E-state index in [9.17, 15) is 8.42 Å². The van der Waals surface area contributed by atoms with Crippen LogP contribution in [-0.2, 0) is 10.0 Å². The maximum absolute atomic E-state index is 12.4. The molecule has 4 nitrogen and oxygen atoms in total. The molecule has 0 unspecified atom stereocenters. The van der Waals surface area contributed by atoms with Crippen molar-refractivity contribution in [1.82, 2.24) is 4.31 Å². The number of likely N-dealkylation sites (N-methyl/N-ethyl adjacent to an activating group) is 1. The molecular weight excluding hydrogens is 310 g/mol. The Morgan fingerprint density at radius 3 is 2.52 bits per heavy atom. The van der Waals surface area contributed by atoms with Crippen molar-refractivity contribution in [3.8, 4) is 5.75 Å². The van der Waals surface area contributed by atoms with Gasteiger partial charge in [-0.2, -0.15) is 4.31 Å². The van der Waals surface area contributed by atoms with Crippen LogP contribution in [0.1, 0.15) is 18.1 Å². The molecule has 0 N–H and O–H groups in total. The zero-order valence-corrected chi connectivity index (χ0v) is 14.0. The lowest BCUT2D eigenvalue weighted by Gasteiger charge is -2.27. The van der Waals surface area contributed by atoms with Gasteiger partial charge in [0.2, 0.25) is 10.0 Å². The van der Waals surface area contributed by atoms with Crippen molar-refractivity contribution in [1.29, 1.82) is 0 Å². The smallest absolute Gasteiger partial charge is 0.243 e. The first-order valence-electron chi connectivity index (χ1n) is 7.51. The minimum atomic E-state index is -3.39. The summed E-state index contributed by atoms with van der Waals surface area (Å²) in [4.78, 5) is 0.367. The number of ether oxygens (including phenoxy) is 1. The van der Waals surface area contributed by atoms with Gasteiger partial charge in [-0.3, -0.25) is 0 Å². The molecule has 0 fully saturated rings. The van der Waals surface area contributed by atoms with E-state index in [-0.39, 0.29) is 0 Å². The number of hydrogen-bond donors (Lipinski definition) is 0. The predicted octanol–water partition coefficient (Wildman–Crippen LogP) is 3.26. The van der Waals surface area contributed by atoms with E-state index in [2.05, 4.69) is 0 Å². The van der Waals surface area contributed by atoms with Crippen LogP contribution in [0.15, 0.2) is 53.4 Å². The van der Waals surface area contributed by atoms with Crippen LogP contribution >= 0.6 is 0 Å². The minimum absolute atomic E-state index is 0.367. The molecule has 0 saturated heterocycles. The molecular formula is C18H19NO3S. The Bertz CT molecular complexity index is 839. The fourth-order valence-electron chi connectivity index (χ4n) is 2.69. The van der Waals surface area contributed by atoms with Crippen LogP contribution in [0.4, 0.5) is 0 Å². The van der Waals surface area contributed by atoms with Gasteiger partial charge in [-0.05, 0) is 47.9 Å². The summed E-state index contributed by atoms with van der Waals surface area (Å²) in [5, 5.41) is 0. The topological polar surface area (TPSA) is 46.6 Å². The Labute approximate surface area is 137 Å². The quantitative estimate of drug-likeness (QED) is 0.868. The Balaban J connectivity index is 2.03. The molecule has 0 aromatic heterocycles. The Morgan fingerprint density at radius 2 is 1.83 bits per heavy atom. The molecule has 0 spiro atoms. The molecule has 0 bridgehead atoms. The van der Waals surface area contributed by atoms with Crippen LogP contribution in [0, 0.1) is 0 Å². The standard InChI is InChI=1S/C18H19NO3S/c1-3-22-16-10-8-14(9-11-16)12-15-13-19(2)23(20,21)18-7-5-4-6-17(15)18/h4-12H,3,13H2,1-2H3/b15-12+. The predicted molar refractivity (Wildman–Crippen MR) is 91.7 cm³/mol. The van der Waals surface area contributed by atoms with Gasteiger partial charge in [-0.25, -0.2) is 8.42 Å². The lowest BCUT2D eigenvalue weighted by atomic mass is 10.0. The fraction of sp³-hybridized carbons (Fsp3) is 0.222. The van der Waals surface area contributed by atoms with Crippen LogP contribution < -0.4 is 4.74 Å². The first-order chi connectivity index (χ1) is 11.0. The highest BCUT2D eigenvalue weighted by Crippen LogP contribution is 2.33. The molecule has 0 atom stereocenters. The number of hydrogen-bond acceptors (Lipinski definition) is 3. The van der Waals surface area contributed by atoms with E-state index in [1.807, 2.05) is 49.4 Å². The Morgan fingerprint density at radius 1 is 1.13 bits per heavy atom. The van der Waals surface area contributed by atoms with Crippen molar-refractivity contribution < 1.29 is 13.2 Å². The fourth-order valence-corrected chi connectivity index (χ4v) is 4.06. The number of sulfonamides is 1. The Kier molecular flexibility index (Phi) is 4.24. The van der Waals surface area contributed by atoms with Crippen molar-refractivity contribution in [3.05, 3.63) is 59.7 Å². The first-order valence-corrected chi connectivity index (χ1v) is 8.95. The number of nitrogens with zero attached hydrogens (tertiary/aromatic N) is 1. The second kappa shape index (κ2) is 6.18. The van der Waals surface area contributed by atoms with E-state index in [1.54, 1.807) is 19.2 Å². The van der Waals surface area contributed by atoms with Crippen molar-refractivity contribution in [2.24, 2.45) is 0 Å². The van der Waals surface area contributed by atoms with Crippen LogP contribution in [-0.4, -0.2) is 32.9 Å².